The Morgan fingerprint density at radius 3 is 2.67 bits per heavy atom. The number of halogens is 1. The maximum atomic E-state index is 10.7. The largest absolute Gasteiger partial charge is 0.486 e. The van der Waals surface area contributed by atoms with Crippen molar-refractivity contribution in [1.29, 1.82) is 0 Å². The molecule has 1 atom stereocenters. The van der Waals surface area contributed by atoms with Gasteiger partial charge in [-0.3, -0.25) is 0 Å². The van der Waals surface area contributed by atoms with E-state index >= 15 is 0 Å². The maximum absolute atomic E-state index is 10.7. The lowest BCUT2D eigenvalue weighted by Crippen LogP contribution is -2.18. The molecule has 0 aliphatic carbocycles. The van der Waals surface area contributed by atoms with Gasteiger partial charge in [-0.15, -0.1) is 0 Å². The van der Waals surface area contributed by atoms with Crippen molar-refractivity contribution in [1.82, 2.24) is 0 Å². The van der Waals surface area contributed by atoms with Crippen LogP contribution in [0, 0.1) is 0 Å². The van der Waals surface area contributed by atoms with Crippen LogP contribution < -0.4 is 9.47 Å². The summed E-state index contributed by atoms with van der Waals surface area (Å²) in [7, 11) is 0. The van der Waals surface area contributed by atoms with Gasteiger partial charge in [0, 0.05) is 12.0 Å². The first kappa shape index (κ1) is 13.4. The van der Waals surface area contributed by atoms with Gasteiger partial charge in [-0.1, -0.05) is 13.8 Å². The number of carbonyl (C=O) groups is 1. The summed E-state index contributed by atoms with van der Waals surface area (Å²) in [6, 6.07) is 2.06. The van der Waals surface area contributed by atoms with Crippen molar-refractivity contribution in [3.8, 4) is 11.5 Å². The van der Waals surface area contributed by atoms with E-state index in [2.05, 4.69) is 35.8 Å². The lowest BCUT2D eigenvalue weighted by Gasteiger charge is -2.25. The van der Waals surface area contributed by atoms with Crippen LogP contribution in [0.5, 0.6) is 11.5 Å². The van der Waals surface area contributed by atoms with Crippen molar-refractivity contribution in [3.05, 3.63) is 21.7 Å². The van der Waals surface area contributed by atoms with Gasteiger partial charge in [-0.25, -0.2) is 0 Å². The lowest BCUT2D eigenvalue weighted by molar-refractivity contribution is -0.108. The zero-order valence-electron chi connectivity index (χ0n) is 10.7. The molecule has 0 aromatic heterocycles. The number of carbonyl (C=O) groups excluding carboxylic acids is 1. The molecule has 4 heteroatoms. The van der Waals surface area contributed by atoms with E-state index in [-0.39, 0.29) is 5.92 Å². The minimum Gasteiger partial charge on any atom is -0.486 e. The van der Waals surface area contributed by atoms with Gasteiger partial charge in [0.1, 0.15) is 19.5 Å². The predicted molar refractivity (Wildman–Crippen MR) is 73.6 cm³/mol. The number of hydrogen-bond donors (Lipinski definition) is 0. The standard InChI is InChI=1S/C14H17BrO3/c1-3-10-11(9(2)4-5-16)8-12(15)14-13(10)17-6-7-18-14/h5,8-9H,3-4,6-7H2,1-2H3. The third-order valence-electron chi connectivity index (χ3n) is 3.24. The molecule has 0 fully saturated rings. The molecule has 1 aromatic rings. The summed E-state index contributed by atoms with van der Waals surface area (Å²) in [5.74, 6) is 1.83. The average Bonchev–Trinajstić information content (AvgIpc) is 2.39. The Morgan fingerprint density at radius 2 is 2.06 bits per heavy atom. The summed E-state index contributed by atoms with van der Waals surface area (Å²) in [6.45, 7) is 5.32. The Bertz CT molecular complexity index is 457. The van der Waals surface area contributed by atoms with Gasteiger partial charge in [0.05, 0.1) is 4.47 Å². The molecule has 0 radical (unpaired) electrons. The summed E-state index contributed by atoms with van der Waals surface area (Å²) < 4.78 is 12.3. The number of aldehydes is 1. The number of ether oxygens (including phenoxy) is 2. The number of fused-ring (bicyclic) bond motifs is 1. The second-order valence-corrected chi connectivity index (χ2v) is 5.29. The van der Waals surface area contributed by atoms with E-state index in [1.54, 1.807) is 0 Å². The maximum Gasteiger partial charge on any atom is 0.175 e. The van der Waals surface area contributed by atoms with Gasteiger partial charge >= 0.3 is 0 Å². The molecule has 1 heterocycles. The molecule has 3 nitrogen and oxygen atoms in total. The van der Waals surface area contributed by atoms with E-state index in [9.17, 15) is 4.79 Å². The molecule has 1 aliphatic rings. The first-order chi connectivity index (χ1) is 8.69. The van der Waals surface area contributed by atoms with Crippen molar-refractivity contribution in [2.75, 3.05) is 13.2 Å². The Kier molecular flexibility index (Phi) is 4.27. The number of hydrogen-bond acceptors (Lipinski definition) is 3. The summed E-state index contributed by atoms with van der Waals surface area (Å²) >= 11 is 3.52. The zero-order valence-corrected chi connectivity index (χ0v) is 12.2. The van der Waals surface area contributed by atoms with Gasteiger partial charge < -0.3 is 14.3 Å². The third kappa shape index (κ3) is 2.39. The van der Waals surface area contributed by atoms with E-state index in [0.717, 1.165) is 34.2 Å². The molecule has 0 spiro atoms. The van der Waals surface area contributed by atoms with Crippen LogP contribution in [-0.2, 0) is 11.2 Å². The number of benzene rings is 1. The highest BCUT2D eigenvalue weighted by Crippen LogP contribution is 2.44. The van der Waals surface area contributed by atoms with Crippen LogP contribution in [0.25, 0.3) is 0 Å². The third-order valence-corrected chi connectivity index (χ3v) is 3.83. The molecule has 2 rings (SSSR count). The molecular formula is C14H17BrO3. The summed E-state index contributed by atoms with van der Waals surface area (Å²) in [6.07, 6.45) is 2.37. The van der Waals surface area contributed by atoms with Gasteiger partial charge in [-0.05, 0) is 39.9 Å². The second kappa shape index (κ2) is 5.74. The highest BCUT2D eigenvalue weighted by atomic mass is 79.9. The van der Waals surface area contributed by atoms with Crippen molar-refractivity contribution >= 4 is 22.2 Å². The van der Waals surface area contributed by atoms with E-state index in [1.807, 2.05) is 0 Å². The Balaban J connectivity index is 2.53. The van der Waals surface area contributed by atoms with Crippen LogP contribution in [0.15, 0.2) is 10.5 Å². The molecule has 0 N–H and O–H groups in total. The summed E-state index contributed by atoms with van der Waals surface area (Å²) in [5, 5.41) is 0. The zero-order chi connectivity index (χ0) is 13.1. The fraction of sp³-hybridized carbons (Fsp3) is 0.500. The Morgan fingerprint density at radius 1 is 1.39 bits per heavy atom. The van der Waals surface area contributed by atoms with Crippen molar-refractivity contribution in [2.45, 2.75) is 32.6 Å². The van der Waals surface area contributed by atoms with E-state index in [1.165, 1.54) is 5.56 Å². The summed E-state index contributed by atoms with van der Waals surface area (Å²) in [5.41, 5.74) is 2.32. The van der Waals surface area contributed by atoms with Crippen LogP contribution in [-0.4, -0.2) is 19.5 Å². The fourth-order valence-electron chi connectivity index (χ4n) is 2.32. The molecule has 18 heavy (non-hydrogen) atoms. The monoisotopic (exact) mass is 312 g/mol. The minimum absolute atomic E-state index is 0.199. The van der Waals surface area contributed by atoms with Crippen LogP contribution in [0.3, 0.4) is 0 Å². The van der Waals surface area contributed by atoms with Crippen LogP contribution in [0.4, 0.5) is 0 Å². The minimum atomic E-state index is 0.199. The molecule has 0 bridgehead atoms. The van der Waals surface area contributed by atoms with Crippen molar-refractivity contribution in [2.24, 2.45) is 0 Å². The van der Waals surface area contributed by atoms with E-state index in [0.29, 0.717) is 19.6 Å². The molecule has 1 aliphatic heterocycles. The lowest BCUT2D eigenvalue weighted by atomic mass is 9.91. The molecule has 1 aromatic carbocycles. The molecule has 0 saturated carbocycles. The average molecular weight is 313 g/mol. The Labute approximate surface area is 116 Å². The highest BCUT2D eigenvalue weighted by Gasteiger charge is 2.23. The molecule has 0 amide bonds. The second-order valence-electron chi connectivity index (χ2n) is 4.44. The fourth-order valence-corrected chi connectivity index (χ4v) is 2.86. The van der Waals surface area contributed by atoms with E-state index in [4.69, 9.17) is 9.47 Å². The molecule has 0 saturated heterocycles. The Hall–Kier alpha value is -1.03. The van der Waals surface area contributed by atoms with Crippen molar-refractivity contribution in [3.63, 3.8) is 0 Å². The van der Waals surface area contributed by atoms with E-state index < -0.39 is 0 Å². The van der Waals surface area contributed by atoms with Crippen LogP contribution >= 0.6 is 15.9 Å². The normalized spacial score (nSPS) is 15.3. The number of rotatable bonds is 4. The first-order valence-corrected chi connectivity index (χ1v) is 7.02. The molecule has 1 unspecified atom stereocenters. The van der Waals surface area contributed by atoms with Crippen LogP contribution in [0.2, 0.25) is 0 Å². The van der Waals surface area contributed by atoms with Gasteiger partial charge in [0.2, 0.25) is 0 Å². The topological polar surface area (TPSA) is 35.5 Å². The van der Waals surface area contributed by atoms with Crippen LogP contribution in [0.1, 0.15) is 37.3 Å². The smallest absolute Gasteiger partial charge is 0.175 e. The molecular weight excluding hydrogens is 296 g/mol. The quantitative estimate of drug-likeness (QED) is 0.799. The van der Waals surface area contributed by atoms with Gasteiger partial charge in [0.25, 0.3) is 0 Å². The first-order valence-electron chi connectivity index (χ1n) is 6.23. The van der Waals surface area contributed by atoms with Crippen molar-refractivity contribution < 1.29 is 14.3 Å². The van der Waals surface area contributed by atoms with Gasteiger partial charge in [0.15, 0.2) is 11.5 Å². The van der Waals surface area contributed by atoms with Gasteiger partial charge in [-0.2, -0.15) is 0 Å². The highest BCUT2D eigenvalue weighted by molar-refractivity contribution is 9.10. The predicted octanol–water partition coefficient (Wildman–Crippen LogP) is 3.48. The molecule has 98 valence electrons. The summed E-state index contributed by atoms with van der Waals surface area (Å²) in [4.78, 5) is 10.7. The SMILES string of the molecule is CCc1c(C(C)CC=O)cc(Br)c2c1OCCO2.